The Morgan fingerprint density at radius 1 is 1.06 bits per heavy atom. The molecule has 0 spiro atoms. The first-order valence-corrected chi connectivity index (χ1v) is 5.01. The Hall–Kier alpha value is -1.74. The number of hydrogen-bond acceptors (Lipinski definition) is 2. The topological polar surface area (TPSA) is 35.2 Å². The zero-order valence-electron chi connectivity index (χ0n) is 8.28. The summed E-state index contributed by atoms with van der Waals surface area (Å²) in [6, 6.07) is 10.8. The average molecular weight is 238 g/mol. The SMILES string of the molecule is Nc1ccc(Oc2cccc(F)c2)cc1Cl. The maximum Gasteiger partial charge on any atom is 0.130 e. The molecule has 0 saturated carbocycles. The molecule has 0 fully saturated rings. The number of anilines is 1. The van der Waals surface area contributed by atoms with E-state index in [0.29, 0.717) is 22.2 Å². The van der Waals surface area contributed by atoms with Gasteiger partial charge in [-0.1, -0.05) is 17.7 Å². The van der Waals surface area contributed by atoms with Crippen LogP contribution in [-0.2, 0) is 0 Å². The van der Waals surface area contributed by atoms with Gasteiger partial charge in [0, 0.05) is 12.1 Å². The molecule has 16 heavy (non-hydrogen) atoms. The molecule has 2 aromatic carbocycles. The number of hydrogen-bond donors (Lipinski definition) is 1. The summed E-state index contributed by atoms with van der Waals surface area (Å²) in [5.41, 5.74) is 6.04. The van der Waals surface area contributed by atoms with Crippen molar-refractivity contribution in [1.82, 2.24) is 0 Å². The molecule has 0 aliphatic rings. The molecule has 0 unspecified atom stereocenters. The van der Waals surface area contributed by atoms with Crippen LogP contribution in [0.15, 0.2) is 42.5 Å². The molecule has 0 heterocycles. The van der Waals surface area contributed by atoms with Crippen LogP contribution in [0.25, 0.3) is 0 Å². The van der Waals surface area contributed by atoms with Gasteiger partial charge in [-0.25, -0.2) is 4.39 Å². The van der Waals surface area contributed by atoms with Crippen molar-refractivity contribution in [3.8, 4) is 11.5 Å². The van der Waals surface area contributed by atoms with Crippen molar-refractivity contribution < 1.29 is 9.13 Å². The third-order valence-corrected chi connectivity index (χ3v) is 2.33. The van der Waals surface area contributed by atoms with E-state index in [9.17, 15) is 4.39 Å². The molecule has 0 saturated heterocycles. The highest BCUT2D eigenvalue weighted by molar-refractivity contribution is 6.33. The van der Waals surface area contributed by atoms with E-state index in [1.165, 1.54) is 12.1 Å². The molecule has 0 aliphatic carbocycles. The van der Waals surface area contributed by atoms with Crippen molar-refractivity contribution in [2.24, 2.45) is 0 Å². The van der Waals surface area contributed by atoms with E-state index in [2.05, 4.69) is 0 Å². The summed E-state index contributed by atoms with van der Waals surface area (Å²) < 4.78 is 18.3. The van der Waals surface area contributed by atoms with Crippen molar-refractivity contribution in [1.29, 1.82) is 0 Å². The second kappa shape index (κ2) is 4.41. The minimum atomic E-state index is -0.348. The average Bonchev–Trinajstić information content (AvgIpc) is 2.24. The van der Waals surface area contributed by atoms with Crippen LogP contribution in [-0.4, -0.2) is 0 Å². The number of ether oxygens (including phenoxy) is 1. The second-order valence-electron chi connectivity index (χ2n) is 3.24. The first kappa shape index (κ1) is 10.8. The molecule has 0 aliphatic heterocycles. The molecule has 2 rings (SSSR count). The summed E-state index contributed by atoms with van der Waals surface area (Å²) in [5, 5.41) is 0.411. The lowest BCUT2D eigenvalue weighted by Crippen LogP contribution is -1.88. The monoisotopic (exact) mass is 237 g/mol. The molecular formula is C12H9ClFNO. The summed E-state index contributed by atoms with van der Waals surface area (Å²) in [7, 11) is 0. The van der Waals surface area contributed by atoms with Crippen LogP contribution in [0.3, 0.4) is 0 Å². The van der Waals surface area contributed by atoms with Crippen molar-refractivity contribution >= 4 is 17.3 Å². The fourth-order valence-electron chi connectivity index (χ4n) is 1.24. The van der Waals surface area contributed by atoms with Crippen LogP contribution in [0.1, 0.15) is 0 Å². The van der Waals surface area contributed by atoms with Gasteiger partial charge in [-0.15, -0.1) is 0 Å². The Morgan fingerprint density at radius 3 is 2.50 bits per heavy atom. The van der Waals surface area contributed by atoms with Crippen molar-refractivity contribution in [2.45, 2.75) is 0 Å². The Bertz CT molecular complexity index is 516. The van der Waals surface area contributed by atoms with Crippen LogP contribution in [0.2, 0.25) is 5.02 Å². The number of nitrogen functional groups attached to an aromatic ring is 1. The van der Waals surface area contributed by atoms with E-state index >= 15 is 0 Å². The molecule has 0 radical (unpaired) electrons. The molecule has 4 heteroatoms. The zero-order valence-corrected chi connectivity index (χ0v) is 9.04. The van der Waals surface area contributed by atoms with Crippen LogP contribution in [0, 0.1) is 5.82 Å². The van der Waals surface area contributed by atoms with Crippen LogP contribution < -0.4 is 10.5 Å². The maximum absolute atomic E-state index is 12.9. The minimum absolute atomic E-state index is 0.348. The largest absolute Gasteiger partial charge is 0.457 e. The zero-order chi connectivity index (χ0) is 11.5. The predicted molar refractivity (Wildman–Crippen MR) is 62.3 cm³/mol. The lowest BCUT2D eigenvalue weighted by molar-refractivity contribution is 0.477. The van der Waals surface area contributed by atoms with E-state index in [1.807, 2.05) is 0 Å². The molecular weight excluding hydrogens is 229 g/mol. The third-order valence-electron chi connectivity index (χ3n) is 2.00. The quantitative estimate of drug-likeness (QED) is 0.805. The smallest absolute Gasteiger partial charge is 0.130 e. The summed E-state index contributed by atoms with van der Waals surface area (Å²) in [6.07, 6.45) is 0. The molecule has 0 bridgehead atoms. The first-order valence-electron chi connectivity index (χ1n) is 4.63. The molecule has 0 atom stereocenters. The Morgan fingerprint density at radius 2 is 1.81 bits per heavy atom. The van der Waals surface area contributed by atoms with Gasteiger partial charge in [0.25, 0.3) is 0 Å². The molecule has 0 amide bonds. The van der Waals surface area contributed by atoms with Crippen LogP contribution in [0.5, 0.6) is 11.5 Å². The predicted octanol–water partition coefficient (Wildman–Crippen LogP) is 3.85. The second-order valence-corrected chi connectivity index (χ2v) is 3.65. The van der Waals surface area contributed by atoms with E-state index < -0.39 is 0 Å². The Kier molecular flexibility index (Phi) is 2.97. The molecule has 82 valence electrons. The number of nitrogens with two attached hydrogens (primary N) is 1. The van der Waals surface area contributed by atoms with Gasteiger partial charge in [-0.05, 0) is 24.3 Å². The summed E-state index contributed by atoms with van der Waals surface area (Å²) in [6.45, 7) is 0. The van der Waals surface area contributed by atoms with Gasteiger partial charge in [0.15, 0.2) is 0 Å². The lowest BCUT2D eigenvalue weighted by atomic mass is 10.3. The van der Waals surface area contributed by atoms with Gasteiger partial charge < -0.3 is 10.5 Å². The van der Waals surface area contributed by atoms with Gasteiger partial charge in [0.1, 0.15) is 17.3 Å². The Labute approximate surface area is 97.4 Å². The fraction of sp³-hybridized carbons (Fsp3) is 0. The van der Waals surface area contributed by atoms with Crippen LogP contribution >= 0.6 is 11.6 Å². The maximum atomic E-state index is 12.9. The van der Waals surface area contributed by atoms with Gasteiger partial charge in [0.05, 0.1) is 10.7 Å². The number of rotatable bonds is 2. The fourth-order valence-corrected chi connectivity index (χ4v) is 1.41. The van der Waals surface area contributed by atoms with E-state index in [1.54, 1.807) is 30.3 Å². The van der Waals surface area contributed by atoms with E-state index in [4.69, 9.17) is 22.1 Å². The summed E-state index contributed by atoms with van der Waals surface area (Å²) in [5.74, 6) is 0.588. The third kappa shape index (κ3) is 2.44. The highest BCUT2D eigenvalue weighted by atomic mass is 35.5. The first-order chi connectivity index (χ1) is 7.65. The normalized spacial score (nSPS) is 10.1. The molecule has 2 N–H and O–H groups in total. The van der Waals surface area contributed by atoms with Crippen molar-refractivity contribution in [2.75, 3.05) is 5.73 Å². The van der Waals surface area contributed by atoms with E-state index in [0.717, 1.165) is 0 Å². The Balaban J connectivity index is 2.24. The summed E-state index contributed by atoms with van der Waals surface area (Å²) >= 11 is 5.83. The molecule has 2 aromatic rings. The van der Waals surface area contributed by atoms with Gasteiger partial charge in [-0.3, -0.25) is 0 Å². The summed E-state index contributed by atoms with van der Waals surface area (Å²) in [4.78, 5) is 0. The van der Waals surface area contributed by atoms with Gasteiger partial charge in [0.2, 0.25) is 0 Å². The standard InChI is InChI=1S/C12H9ClFNO/c13-11-7-10(4-5-12(11)15)16-9-3-1-2-8(14)6-9/h1-7H,15H2. The van der Waals surface area contributed by atoms with Crippen molar-refractivity contribution in [3.05, 3.63) is 53.3 Å². The number of benzene rings is 2. The van der Waals surface area contributed by atoms with Crippen LogP contribution in [0.4, 0.5) is 10.1 Å². The minimum Gasteiger partial charge on any atom is -0.457 e. The van der Waals surface area contributed by atoms with E-state index in [-0.39, 0.29) is 5.82 Å². The van der Waals surface area contributed by atoms with Gasteiger partial charge in [-0.2, -0.15) is 0 Å². The molecule has 0 aromatic heterocycles. The van der Waals surface area contributed by atoms with Crippen molar-refractivity contribution in [3.63, 3.8) is 0 Å². The number of halogens is 2. The highest BCUT2D eigenvalue weighted by Gasteiger charge is 2.01. The lowest BCUT2D eigenvalue weighted by Gasteiger charge is -2.06. The van der Waals surface area contributed by atoms with Gasteiger partial charge >= 0.3 is 0 Å². The highest BCUT2D eigenvalue weighted by Crippen LogP contribution is 2.28. The molecule has 2 nitrogen and oxygen atoms in total.